The van der Waals surface area contributed by atoms with Crippen LogP contribution in [-0.2, 0) is 6.42 Å². The fraction of sp³-hybridized carbons (Fsp3) is 0.467. The second kappa shape index (κ2) is 3.84. The molecule has 2 aliphatic rings. The lowest BCUT2D eigenvalue weighted by atomic mass is 9.88. The smallest absolute Gasteiger partial charge is 0.0199 e. The summed E-state index contributed by atoms with van der Waals surface area (Å²) in [5.41, 5.74) is 1.50. The summed E-state index contributed by atoms with van der Waals surface area (Å²) in [6.45, 7) is 0. The molecule has 1 saturated carbocycles. The van der Waals surface area contributed by atoms with Crippen LogP contribution >= 0.6 is 0 Å². The molecular formula is C15H18. The van der Waals surface area contributed by atoms with Crippen LogP contribution in [-0.4, -0.2) is 0 Å². The molecule has 3 rings (SSSR count). The first-order chi connectivity index (χ1) is 7.42. The minimum absolute atomic E-state index is 0.915. The molecule has 0 amide bonds. The zero-order valence-electron chi connectivity index (χ0n) is 9.10. The maximum atomic E-state index is 2.46. The molecule has 0 heteroatoms. The van der Waals surface area contributed by atoms with Gasteiger partial charge in [-0.25, -0.2) is 0 Å². The molecule has 0 radical (unpaired) electrons. The maximum Gasteiger partial charge on any atom is -0.0199 e. The lowest BCUT2D eigenvalue weighted by Gasteiger charge is -2.17. The Morgan fingerprint density at radius 1 is 1.00 bits per heavy atom. The molecule has 0 spiro atoms. The van der Waals surface area contributed by atoms with Gasteiger partial charge in [0.15, 0.2) is 0 Å². The Morgan fingerprint density at radius 2 is 1.87 bits per heavy atom. The van der Waals surface area contributed by atoms with Gasteiger partial charge >= 0.3 is 0 Å². The number of aryl methyl sites for hydroxylation is 1. The summed E-state index contributed by atoms with van der Waals surface area (Å²) in [5, 5.41) is 0. The highest BCUT2D eigenvalue weighted by molar-refractivity contribution is 5.16. The number of fused-ring (bicyclic) bond motifs is 2. The van der Waals surface area contributed by atoms with E-state index in [4.69, 9.17) is 0 Å². The molecule has 0 aliphatic heterocycles. The van der Waals surface area contributed by atoms with E-state index in [2.05, 4.69) is 42.5 Å². The highest BCUT2D eigenvalue weighted by atomic mass is 14.4. The number of benzene rings is 1. The Kier molecular flexibility index (Phi) is 2.36. The maximum absolute atomic E-state index is 2.46. The molecule has 1 aromatic rings. The monoisotopic (exact) mass is 198 g/mol. The van der Waals surface area contributed by atoms with Crippen LogP contribution in [0, 0.1) is 17.8 Å². The first kappa shape index (κ1) is 9.21. The highest BCUT2D eigenvalue weighted by Gasteiger charge is 2.34. The van der Waals surface area contributed by atoms with Crippen molar-refractivity contribution in [2.24, 2.45) is 17.8 Å². The van der Waals surface area contributed by atoms with Gasteiger partial charge in [0.2, 0.25) is 0 Å². The van der Waals surface area contributed by atoms with E-state index in [1.165, 1.54) is 31.2 Å². The van der Waals surface area contributed by atoms with E-state index in [9.17, 15) is 0 Å². The summed E-state index contributed by atoms with van der Waals surface area (Å²) in [7, 11) is 0. The Labute approximate surface area is 92.0 Å². The number of hydrogen-bond donors (Lipinski definition) is 0. The third-order valence-electron chi connectivity index (χ3n) is 4.06. The van der Waals surface area contributed by atoms with E-state index in [0.717, 1.165) is 17.8 Å². The quantitative estimate of drug-likeness (QED) is 0.647. The Morgan fingerprint density at radius 3 is 2.53 bits per heavy atom. The van der Waals surface area contributed by atoms with Crippen LogP contribution in [0.2, 0.25) is 0 Å². The van der Waals surface area contributed by atoms with Gasteiger partial charge in [-0.05, 0) is 49.0 Å². The first-order valence-electron chi connectivity index (χ1n) is 6.14. The molecule has 0 nitrogen and oxygen atoms in total. The lowest BCUT2D eigenvalue weighted by molar-refractivity contribution is 0.416. The summed E-state index contributed by atoms with van der Waals surface area (Å²) in [6.07, 6.45) is 10.4. The molecular weight excluding hydrogens is 180 g/mol. The van der Waals surface area contributed by atoms with Gasteiger partial charge in [0.25, 0.3) is 0 Å². The van der Waals surface area contributed by atoms with Crippen molar-refractivity contribution in [2.45, 2.75) is 25.7 Å². The molecule has 0 saturated heterocycles. The van der Waals surface area contributed by atoms with Gasteiger partial charge in [-0.2, -0.15) is 0 Å². The van der Waals surface area contributed by atoms with Crippen molar-refractivity contribution in [1.82, 2.24) is 0 Å². The van der Waals surface area contributed by atoms with Crippen LogP contribution in [0.5, 0.6) is 0 Å². The van der Waals surface area contributed by atoms with Crippen molar-refractivity contribution in [3.05, 3.63) is 48.0 Å². The predicted molar refractivity (Wildman–Crippen MR) is 63.6 cm³/mol. The standard InChI is InChI=1S/C15H18/c1-2-4-12(5-3-1)6-8-14-10-13-7-9-15(14)11-13/h1-5,7,9,13-15H,6,8,10-11H2/t13-,14?,15?/m0/s1. The third-order valence-corrected chi connectivity index (χ3v) is 4.06. The molecule has 0 aromatic heterocycles. The van der Waals surface area contributed by atoms with E-state index in [1.54, 1.807) is 0 Å². The second-order valence-corrected chi connectivity index (χ2v) is 5.06. The van der Waals surface area contributed by atoms with E-state index in [-0.39, 0.29) is 0 Å². The normalized spacial score (nSPS) is 32.4. The minimum Gasteiger partial charge on any atom is -0.0851 e. The van der Waals surface area contributed by atoms with Crippen molar-refractivity contribution in [3.8, 4) is 0 Å². The number of rotatable bonds is 3. The molecule has 2 bridgehead atoms. The summed E-state index contributed by atoms with van der Waals surface area (Å²) < 4.78 is 0. The topological polar surface area (TPSA) is 0 Å². The fourth-order valence-corrected chi connectivity index (χ4v) is 3.22. The fourth-order valence-electron chi connectivity index (χ4n) is 3.22. The third kappa shape index (κ3) is 1.86. The van der Waals surface area contributed by atoms with Crippen molar-refractivity contribution in [2.75, 3.05) is 0 Å². The second-order valence-electron chi connectivity index (χ2n) is 5.06. The number of allylic oxidation sites excluding steroid dienone is 2. The lowest BCUT2D eigenvalue weighted by Crippen LogP contribution is -2.07. The Balaban J connectivity index is 1.57. The van der Waals surface area contributed by atoms with Crippen molar-refractivity contribution in [1.29, 1.82) is 0 Å². The molecule has 2 aliphatic carbocycles. The van der Waals surface area contributed by atoms with E-state index >= 15 is 0 Å². The Bertz CT molecular complexity index is 350. The average Bonchev–Trinajstić information content (AvgIpc) is 2.89. The van der Waals surface area contributed by atoms with E-state index < -0.39 is 0 Å². The van der Waals surface area contributed by atoms with Crippen LogP contribution in [0.1, 0.15) is 24.8 Å². The van der Waals surface area contributed by atoms with Crippen molar-refractivity contribution in [3.63, 3.8) is 0 Å². The molecule has 0 N–H and O–H groups in total. The van der Waals surface area contributed by atoms with Crippen LogP contribution in [0.4, 0.5) is 0 Å². The van der Waals surface area contributed by atoms with Gasteiger partial charge < -0.3 is 0 Å². The van der Waals surface area contributed by atoms with Gasteiger partial charge in [0, 0.05) is 0 Å². The molecule has 2 unspecified atom stereocenters. The van der Waals surface area contributed by atoms with Crippen LogP contribution < -0.4 is 0 Å². The van der Waals surface area contributed by atoms with Crippen molar-refractivity contribution >= 4 is 0 Å². The Hall–Kier alpha value is -1.04. The summed E-state index contributed by atoms with van der Waals surface area (Å²) in [6, 6.07) is 10.9. The predicted octanol–water partition coefficient (Wildman–Crippen LogP) is 3.83. The van der Waals surface area contributed by atoms with E-state index in [0.29, 0.717) is 0 Å². The SMILES string of the molecule is C1=C[C@@H]2CC1C(CCc1ccccc1)C2. The highest BCUT2D eigenvalue weighted by Crippen LogP contribution is 2.45. The van der Waals surface area contributed by atoms with Crippen LogP contribution in [0.25, 0.3) is 0 Å². The van der Waals surface area contributed by atoms with E-state index in [1.807, 2.05) is 0 Å². The van der Waals surface area contributed by atoms with Crippen LogP contribution in [0.15, 0.2) is 42.5 Å². The molecule has 0 heterocycles. The summed E-state index contributed by atoms with van der Waals surface area (Å²) in [5.74, 6) is 2.81. The molecule has 78 valence electrons. The van der Waals surface area contributed by atoms with Gasteiger partial charge in [-0.3, -0.25) is 0 Å². The zero-order valence-corrected chi connectivity index (χ0v) is 9.10. The van der Waals surface area contributed by atoms with Gasteiger partial charge in [0.05, 0.1) is 0 Å². The van der Waals surface area contributed by atoms with Crippen LogP contribution in [0.3, 0.4) is 0 Å². The largest absolute Gasteiger partial charge is 0.0851 e. The average molecular weight is 198 g/mol. The van der Waals surface area contributed by atoms with Gasteiger partial charge in [-0.15, -0.1) is 0 Å². The molecule has 1 aromatic carbocycles. The first-order valence-corrected chi connectivity index (χ1v) is 6.14. The molecule has 15 heavy (non-hydrogen) atoms. The zero-order chi connectivity index (χ0) is 10.1. The summed E-state index contributed by atoms with van der Waals surface area (Å²) >= 11 is 0. The molecule has 3 atom stereocenters. The van der Waals surface area contributed by atoms with Gasteiger partial charge in [0.1, 0.15) is 0 Å². The molecule has 1 fully saturated rings. The summed E-state index contributed by atoms with van der Waals surface area (Å²) in [4.78, 5) is 0. The number of hydrogen-bond acceptors (Lipinski definition) is 0. The van der Waals surface area contributed by atoms with Gasteiger partial charge in [-0.1, -0.05) is 42.5 Å². The van der Waals surface area contributed by atoms with Crippen molar-refractivity contribution < 1.29 is 0 Å². The minimum atomic E-state index is 0.915.